The zero-order chi connectivity index (χ0) is 18.0. The van der Waals surface area contributed by atoms with Crippen molar-refractivity contribution in [2.45, 2.75) is 6.92 Å². The van der Waals surface area contributed by atoms with Crippen molar-refractivity contribution in [1.29, 1.82) is 0 Å². The molecule has 8 heteroatoms. The molecule has 0 saturated heterocycles. The smallest absolute Gasteiger partial charge is 0.292 e. The number of phenolic OH excluding ortho intramolecular Hbond substituents is 1. The van der Waals surface area contributed by atoms with Crippen molar-refractivity contribution in [2.24, 2.45) is 5.10 Å². The maximum Gasteiger partial charge on any atom is 0.292 e. The number of fused-ring (bicyclic) bond motifs is 1. The lowest BCUT2D eigenvalue weighted by Crippen LogP contribution is -2.23. The van der Waals surface area contributed by atoms with Gasteiger partial charge in [-0.3, -0.25) is 9.59 Å². The van der Waals surface area contributed by atoms with Crippen LogP contribution in [0, 0.1) is 0 Å². The second kappa shape index (κ2) is 6.86. The van der Waals surface area contributed by atoms with Gasteiger partial charge in [-0.2, -0.15) is 10.2 Å². The molecule has 126 valence electrons. The van der Waals surface area contributed by atoms with E-state index < -0.39 is 5.91 Å². The SMILES string of the molecule is C/C(=N\NC(=O)c1n[nH]c(=O)c2ccccc12)c1cc(Br)ccc1O. The minimum absolute atomic E-state index is 0.0475. The summed E-state index contributed by atoms with van der Waals surface area (Å²) in [6.07, 6.45) is 0. The van der Waals surface area contributed by atoms with Crippen LogP contribution in [0.4, 0.5) is 0 Å². The Labute approximate surface area is 150 Å². The largest absolute Gasteiger partial charge is 0.507 e. The lowest BCUT2D eigenvalue weighted by atomic mass is 10.1. The fourth-order valence-corrected chi connectivity index (χ4v) is 2.69. The molecule has 25 heavy (non-hydrogen) atoms. The number of aromatic nitrogens is 2. The predicted octanol–water partition coefficient (Wildman–Crippen LogP) is 2.55. The second-order valence-corrected chi connectivity index (χ2v) is 6.16. The molecule has 0 aliphatic rings. The van der Waals surface area contributed by atoms with Crippen molar-refractivity contribution in [3.63, 3.8) is 0 Å². The standard InChI is InChI=1S/C17H13BrN4O3/c1-9(13-8-10(18)6-7-14(13)23)19-22-17(25)15-11-4-2-3-5-12(11)16(24)21-20-15/h2-8,23H,1H3,(H,21,24)(H,22,25)/b19-9+. The Bertz CT molecular complexity index is 1060. The van der Waals surface area contributed by atoms with E-state index in [1.165, 1.54) is 6.07 Å². The van der Waals surface area contributed by atoms with Crippen molar-refractivity contribution in [1.82, 2.24) is 15.6 Å². The van der Waals surface area contributed by atoms with Gasteiger partial charge in [-0.05, 0) is 31.2 Å². The highest BCUT2D eigenvalue weighted by Crippen LogP contribution is 2.22. The Balaban J connectivity index is 1.92. The van der Waals surface area contributed by atoms with Gasteiger partial charge in [0.2, 0.25) is 0 Å². The van der Waals surface area contributed by atoms with E-state index >= 15 is 0 Å². The van der Waals surface area contributed by atoms with Crippen LogP contribution in [0.1, 0.15) is 23.0 Å². The summed E-state index contributed by atoms with van der Waals surface area (Å²) < 4.78 is 0.773. The Morgan fingerprint density at radius 3 is 2.72 bits per heavy atom. The predicted molar refractivity (Wildman–Crippen MR) is 97.8 cm³/mol. The molecule has 0 fully saturated rings. The molecule has 1 heterocycles. The highest BCUT2D eigenvalue weighted by Gasteiger charge is 2.14. The highest BCUT2D eigenvalue weighted by molar-refractivity contribution is 9.10. The Morgan fingerprint density at radius 2 is 1.96 bits per heavy atom. The van der Waals surface area contributed by atoms with E-state index in [2.05, 4.69) is 36.7 Å². The number of benzene rings is 2. The fourth-order valence-electron chi connectivity index (χ4n) is 2.33. The molecule has 0 unspecified atom stereocenters. The first-order valence-corrected chi connectivity index (χ1v) is 8.07. The summed E-state index contributed by atoms with van der Waals surface area (Å²) in [6.45, 7) is 1.65. The molecule has 0 bridgehead atoms. The van der Waals surface area contributed by atoms with Crippen molar-refractivity contribution >= 4 is 38.3 Å². The topological polar surface area (TPSA) is 107 Å². The number of nitrogens with one attached hydrogen (secondary N) is 2. The average Bonchev–Trinajstić information content (AvgIpc) is 2.62. The van der Waals surface area contributed by atoms with E-state index in [4.69, 9.17) is 0 Å². The monoisotopic (exact) mass is 400 g/mol. The van der Waals surface area contributed by atoms with Crippen LogP contribution in [0.5, 0.6) is 5.75 Å². The fraction of sp³-hybridized carbons (Fsp3) is 0.0588. The zero-order valence-corrected chi connectivity index (χ0v) is 14.7. The number of hydrogen-bond donors (Lipinski definition) is 3. The van der Waals surface area contributed by atoms with Crippen LogP contribution in [0.15, 0.2) is 56.8 Å². The van der Waals surface area contributed by atoms with E-state index in [1.54, 1.807) is 43.3 Å². The number of nitrogens with zero attached hydrogens (tertiary/aromatic N) is 2. The van der Waals surface area contributed by atoms with E-state index in [0.29, 0.717) is 22.0 Å². The Kier molecular flexibility index (Phi) is 4.62. The van der Waals surface area contributed by atoms with Gasteiger partial charge in [0.25, 0.3) is 11.5 Å². The highest BCUT2D eigenvalue weighted by atomic mass is 79.9. The van der Waals surface area contributed by atoms with Crippen LogP contribution in [0.25, 0.3) is 10.8 Å². The normalized spacial score (nSPS) is 11.5. The number of rotatable bonds is 3. The summed E-state index contributed by atoms with van der Waals surface area (Å²) in [7, 11) is 0. The Hall–Kier alpha value is -3.00. The number of amides is 1. The number of hydrogen-bond acceptors (Lipinski definition) is 5. The van der Waals surface area contributed by atoms with Crippen LogP contribution in [0.2, 0.25) is 0 Å². The number of aromatic amines is 1. The number of phenols is 1. The molecule has 3 aromatic rings. The number of carbonyl (C=O) groups excluding carboxylic acids is 1. The maximum atomic E-state index is 12.4. The molecule has 0 saturated carbocycles. The van der Waals surface area contributed by atoms with E-state index in [0.717, 1.165) is 4.47 Å². The molecule has 0 spiro atoms. The van der Waals surface area contributed by atoms with Crippen LogP contribution in [-0.4, -0.2) is 26.9 Å². The quantitative estimate of drug-likeness (QED) is 0.463. The summed E-state index contributed by atoms with van der Waals surface area (Å²) >= 11 is 3.32. The van der Waals surface area contributed by atoms with Crippen molar-refractivity contribution in [3.05, 3.63) is 68.5 Å². The molecule has 0 atom stereocenters. The lowest BCUT2D eigenvalue weighted by Gasteiger charge is -2.06. The maximum absolute atomic E-state index is 12.4. The van der Waals surface area contributed by atoms with Gasteiger partial charge < -0.3 is 5.11 Å². The van der Waals surface area contributed by atoms with Gasteiger partial charge in [0, 0.05) is 15.4 Å². The van der Waals surface area contributed by atoms with Crippen molar-refractivity contribution < 1.29 is 9.90 Å². The Morgan fingerprint density at radius 1 is 1.24 bits per heavy atom. The molecule has 3 rings (SSSR count). The van der Waals surface area contributed by atoms with Gasteiger partial charge in [-0.25, -0.2) is 10.5 Å². The minimum Gasteiger partial charge on any atom is -0.507 e. The molecule has 0 aliphatic heterocycles. The van der Waals surface area contributed by atoms with Crippen LogP contribution in [0.3, 0.4) is 0 Å². The summed E-state index contributed by atoms with van der Waals surface area (Å²) in [4.78, 5) is 24.1. The molecule has 0 radical (unpaired) electrons. The molecular weight excluding hydrogens is 388 g/mol. The second-order valence-electron chi connectivity index (χ2n) is 5.25. The number of aromatic hydroxyl groups is 1. The lowest BCUT2D eigenvalue weighted by molar-refractivity contribution is 0.0950. The van der Waals surface area contributed by atoms with Gasteiger partial charge >= 0.3 is 0 Å². The summed E-state index contributed by atoms with van der Waals surface area (Å²) in [6, 6.07) is 11.6. The first-order valence-electron chi connectivity index (χ1n) is 7.28. The van der Waals surface area contributed by atoms with Crippen LogP contribution in [-0.2, 0) is 0 Å². The third-order valence-electron chi connectivity index (χ3n) is 3.58. The first kappa shape index (κ1) is 16.8. The molecule has 7 nitrogen and oxygen atoms in total. The van der Waals surface area contributed by atoms with Gasteiger partial charge in [0.05, 0.1) is 11.1 Å². The van der Waals surface area contributed by atoms with Crippen molar-refractivity contribution in [3.8, 4) is 5.75 Å². The van der Waals surface area contributed by atoms with E-state index in [-0.39, 0.29) is 17.0 Å². The third-order valence-corrected chi connectivity index (χ3v) is 4.08. The molecular formula is C17H13BrN4O3. The number of carbonyl (C=O) groups is 1. The molecule has 2 aromatic carbocycles. The molecule has 1 aromatic heterocycles. The first-order chi connectivity index (χ1) is 12.0. The number of H-pyrrole nitrogens is 1. The van der Waals surface area contributed by atoms with Gasteiger partial charge in [0.15, 0.2) is 5.69 Å². The van der Waals surface area contributed by atoms with Crippen LogP contribution < -0.4 is 11.0 Å². The summed E-state index contributed by atoms with van der Waals surface area (Å²) in [5.74, 6) is -0.521. The minimum atomic E-state index is -0.568. The van der Waals surface area contributed by atoms with Gasteiger partial charge in [-0.1, -0.05) is 34.1 Å². The zero-order valence-electron chi connectivity index (χ0n) is 13.1. The molecule has 3 N–H and O–H groups in total. The van der Waals surface area contributed by atoms with Crippen molar-refractivity contribution in [2.75, 3.05) is 0 Å². The van der Waals surface area contributed by atoms with E-state index in [1.807, 2.05) is 0 Å². The third kappa shape index (κ3) is 3.43. The average molecular weight is 401 g/mol. The number of hydrazone groups is 1. The van der Waals surface area contributed by atoms with Gasteiger partial charge in [0.1, 0.15) is 5.75 Å². The summed E-state index contributed by atoms with van der Waals surface area (Å²) in [5, 5.41) is 20.8. The molecule has 1 amide bonds. The molecule has 0 aliphatic carbocycles. The summed E-state index contributed by atoms with van der Waals surface area (Å²) in [5.41, 5.74) is 2.98. The van der Waals surface area contributed by atoms with Gasteiger partial charge in [-0.15, -0.1) is 0 Å². The van der Waals surface area contributed by atoms with E-state index in [9.17, 15) is 14.7 Å². The van der Waals surface area contributed by atoms with Crippen LogP contribution >= 0.6 is 15.9 Å². The number of halogens is 1.